The molecule has 15 heavy (non-hydrogen) atoms. The standard InChI is InChI=1S/C12H24O3/c1-4-5-9-15-10-7-6-8-12(2,3)11(13)14/h4-10H2,1-3H3,(H,13,14). The van der Waals surface area contributed by atoms with Crippen molar-refractivity contribution in [2.75, 3.05) is 13.2 Å². The van der Waals surface area contributed by atoms with E-state index in [2.05, 4.69) is 6.92 Å². The fraction of sp³-hybridized carbons (Fsp3) is 0.917. The third-order valence-corrected chi connectivity index (χ3v) is 2.56. The second kappa shape index (κ2) is 7.69. The van der Waals surface area contributed by atoms with Gasteiger partial charge in [0, 0.05) is 13.2 Å². The average Bonchev–Trinajstić information content (AvgIpc) is 2.16. The van der Waals surface area contributed by atoms with Gasteiger partial charge in [-0.25, -0.2) is 0 Å². The monoisotopic (exact) mass is 216 g/mol. The van der Waals surface area contributed by atoms with E-state index < -0.39 is 11.4 Å². The van der Waals surface area contributed by atoms with Gasteiger partial charge in [0.1, 0.15) is 0 Å². The Kier molecular flexibility index (Phi) is 7.39. The number of rotatable bonds is 9. The second-order valence-corrected chi connectivity index (χ2v) is 4.61. The van der Waals surface area contributed by atoms with Crippen LogP contribution in [0, 0.1) is 5.41 Å². The number of carboxylic acid groups (broad SMARTS) is 1. The Labute approximate surface area is 92.8 Å². The maximum atomic E-state index is 10.8. The predicted octanol–water partition coefficient (Wildman–Crippen LogP) is 3.08. The molecule has 0 aliphatic heterocycles. The van der Waals surface area contributed by atoms with Gasteiger partial charge in [-0.2, -0.15) is 0 Å². The molecule has 90 valence electrons. The highest BCUT2D eigenvalue weighted by molar-refractivity contribution is 5.73. The van der Waals surface area contributed by atoms with Crippen molar-refractivity contribution < 1.29 is 14.6 Å². The molecule has 0 aromatic heterocycles. The largest absolute Gasteiger partial charge is 0.481 e. The van der Waals surface area contributed by atoms with Crippen molar-refractivity contribution in [2.45, 2.75) is 52.9 Å². The smallest absolute Gasteiger partial charge is 0.309 e. The van der Waals surface area contributed by atoms with Crippen LogP contribution in [0.2, 0.25) is 0 Å². The Hall–Kier alpha value is -0.570. The van der Waals surface area contributed by atoms with Crippen molar-refractivity contribution in [2.24, 2.45) is 5.41 Å². The van der Waals surface area contributed by atoms with Crippen molar-refractivity contribution in [3.05, 3.63) is 0 Å². The quantitative estimate of drug-likeness (QED) is 0.602. The number of hydrogen-bond acceptors (Lipinski definition) is 2. The molecule has 0 saturated heterocycles. The molecule has 0 atom stereocenters. The van der Waals surface area contributed by atoms with E-state index in [4.69, 9.17) is 9.84 Å². The average molecular weight is 216 g/mol. The molecule has 0 saturated carbocycles. The Bertz CT molecular complexity index is 176. The van der Waals surface area contributed by atoms with E-state index >= 15 is 0 Å². The summed E-state index contributed by atoms with van der Waals surface area (Å²) in [5.41, 5.74) is -0.594. The lowest BCUT2D eigenvalue weighted by atomic mass is 9.87. The van der Waals surface area contributed by atoms with Gasteiger partial charge in [-0.05, 0) is 33.1 Å². The molecule has 3 nitrogen and oxygen atoms in total. The topological polar surface area (TPSA) is 46.5 Å². The Morgan fingerprint density at radius 3 is 2.33 bits per heavy atom. The Morgan fingerprint density at radius 2 is 1.80 bits per heavy atom. The number of carboxylic acids is 1. The number of hydrogen-bond donors (Lipinski definition) is 1. The summed E-state index contributed by atoms with van der Waals surface area (Å²) in [5.74, 6) is -0.714. The first kappa shape index (κ1) is 14.4. The lowest BCUT2D eigenvalue weighted by Gasteiger charge is -2.18. The van der Waals surface area contributed by atoms with Crippen LogP contribution in [0.25, 0.3) is 0 Å². The molecule has 0 aliphatic carbocycles. The Morgan fingerprint density at radius 1 is 1.20 bits per heavy atom. The SMILES string of the molecule is CCCCOCCCCC(C)(C)C(=O)O. The molecule has 0 radical (unpaired) electrons. The first-order valence-corrected chi connectivity index (χ1v) is 5.82. The van der Waals surface area contributed by atoms with Crippen molar-refractivity contribution in [3.63, 3.8) is 0 Å². The van der Waals surface area contributed by atoms with E-state index in [0.29, 0.717) is 0 Å². The van der Waals surface area contributed by atoms with Crippen LogP contribution in [0.15, 0.2) is 0 Å². The van der Waals surface area contributed by atoms with E-state index in [1.807, 2.05) is 0 Å². The fourth-order valence-electron chi connectivity index (χ4n) is 1.23. The molecular weight excluding hydrogens is 192 g/mol. The van der Waals surface area contributed by atoms with Crippen LogP contribution in [-0.2, 0) is 9.53 Å². The highest BCUT2D eigenvalue weighted by Crippen LogP contribution is 2.23. The molecule has 0 fully saturated rings. The van der Waals surface area contributed by atoms with Crippen molar-refractivity contribution in [3.8, 4) is 0 Å². The van der Waals surface area contributed by atoms with Gasteiger partial charge in [0.2, 0.25) is 0 Å². The van der Waals surface area contributed by atoms with Crippen LogP contribution in [0.3, 0.4) is 0 Å². The van der Waals surface area contributed by atoms with Crippen LogP contribution in [0.5, 0.6) is 0 Å². The fourth-order valence-corrected chi connectivity index (χ4v) is 1.23. The summed E-state index contributed by atoms with van der Waals surface area (Å²) in [6.45, 7) is 7.27. The van der Waals surface area contributed by atoms with Gasteiger partial charge < -0.3 is 9.84 Å². The van der Waals surface area contributed by atoms with Gasteiger partial charge in [0.25, 0.3) is 0 Å². The third-order valence-electron chi connectivity index (χ3n) is 2.56. The molecule has 0 unspecified atom stereocenters. The van der Waals surface area contributed by atoms with Gasteiger partial charge in [-0.1, -0.05) is 19.8 Å². The number of ether oxygens (including phenoxy) is 1. The second-order valence-electron chi connectivity index (χ2n) is 4.61. The zero-order valence-corrected chi connectivity index (χ0v) is 10.2. The molecule has 0 aromatic rings. The predicted molar refractivity (Wildman–Crippen MR) is 61.0 cm³/mol. The lowest BCUT2D eigenvalue weighted by molar-refractivity contribution is -0.147. The lowest BCUT2D eigenvalue weighted by Crippen LogP contribution is -2.23. The summed E-state index contributed by atoms with van der Waals surface area (Å²) < 4.78 is 5.40. The minimum atomic E-state index is -0.714. The van der Waals surface area contributed by atoms with Crippen molar-refractivity contribution in [1.29, 1.82) is 0 Å². The minimum absolute atomic E-state index is 0.594. The van der Waals surface area contributed by atoms with Gasteiger partial charge in [-0.15, -0.1) is 0 Å². The third kappa shape index (κ3) is 7.37. The van der Waals surface area contributed by atoms with Gasteiger partial charge >= 0.3 is 5.97 Å². The van der Waals surface area contributed by atoms with Crippen molar-refractivity contribution >= 4 is 5.97 Å². The van der Waals surface area contributed by atoms with Crippen LogP contribution >= 0.6 is 0 Å². The van der Waals surface area contributed by atoms with Crippen LogP contribution in [0.4, 0.5) is 0 Å². The molecule has 0 aromatic carbocycles. The number of carbonyl (C=O) groups is 1. The highest BCUT2D eigenvalue weighted by Gasteiger charge is 2.25. The normalized spacial score (nSPS) is 11.7. The van der Waals surface area contributed by atoms with Crippen LogP contribution < -0.4 is 0 Å². The molecule has 0 spiro atoms. The first-order chi connectivity index (χ1) is 7.00. The maximum Gasteiger partial charge on any atom is 0.309 e. The zero-order valence-electron chi connectivity index (χ0n) is 10.2. The summed E-state index contributed by atoms with van der Waals surface area (Å²) in [7, 11) is 0. The number of unbranched alkanes of at least 4 members (excludes halogenated alkanes) is 2. The van der Waals surface area contributed by atoms with Gasteiger partial charge in [-0.3, -0.25) is 4.79 Å². The van der Waals surface area contributed by atoms with Gasteiger partial charge in [0.05, 0.1) is 5.41 Å². The van der Waals surface area contributed by atoms with Crippen LogP contribution in [0.1, 0.15) is 52.9 Å². The maximum absolute atomic E-state index is 10.8. The van der Waals surface area contributed by atoms with E-state index in [1.54, 1.807) is 13.8 Å². The molecular formula is C12H24O3. The summed E-state index contributed by atoms with van der Waals surface area (Å²) in [6, 6.07) is 0. The molecule has 0 bridgehead atoms. The van der Waals surface area contributed by atoms with Gasteiger partial charge in [0.15, 0.2) is 0 Å². The summed E-state index contributed by atoms with van der Waals surface area (Å²) in [5, 5.41) is 8.88. The molecule has 0 aliphatic rings. The minimum Gasteiger partial charge on any atom is -0.481 e. The molecule has 3 heteroatoms. The summed E-state index contributed by atoms with van der Waals surface area (Å²) in [6.07, 6.45) is 4.87. The zero-order chi connectivity index (χ0) is 11.7. The Balaban J connectivity index is 3.35. The van der Waals surface area contributed by atoms with E-state index in [-0.39, 0.29) is 0 Å². The van der Waals surface area contributed by atoms with E-state index in [9.17, 15) is 4.79 Å². The van der Waals surface area contributed by atoms with E-state index in [0.717, 1.165) is 45.3 Å². The molecule has 0 amide bonds. The highest BCUT2D eigenvalue weighted by atomic mass is 16.5. The van der Waals surface area contributed by atoms with Crippen LogP contribution in [-0.4, -0.2) is 24.3 Å². The first-order valence-electron chi connectivity index (χ1n) is 5.82. The molecule has 0 rings (SSSR count). The number of aliphatic carboxylic acids is 1. The van der Waals surface area contributed by atoms with E-state index in [1.165, 1.54) is 0 Å². The molecule has 0 heterocycles. The summed E-state index contributed by atoms with van der Waals surface area (Å²) >= 11 is 0. The summed E-state index contributed by atoms with van der Waals surface area (Å²) in [4.78, 5) is 10.8. The molecule has 1 N–H and O–H groups in total. The van der Waals surface area contributed by atoms with Crippen molar-refractivity contribution in [1.82, 2.24) is 0 Å².